The summed E-state index contributed by atoms with van der Waals surface area (Å²) in [5.74, 6) is 0.0603. The molecule has 1 aromatic carbocycles. The monoisotopic (exact) mass is 337 g/mol. The van der Waals surface area contributed by atoms with Gasteiger partial charge >= 0.3 is 0 Å². The van der Waals surface area contributed by atoms with E-state index in [9.17, 15) is 4.79 Å². The number of carbonyl (C=O) groups excluding carboxylic acids is 1. The van der Waals surface area contributed by atoms with E-state index in [1.54, 1.807) is 4.90 Å². The van der Waals surface area contributed by atoms with Crippen LogP contribution in [0, 0.1) is 13.8 Å². The van der Waals surface area contributed by atoms with Gasteiger partial charge in [0.25, 0.3) is 5.91 Å². The summed E-state index contributed by atoms with van der Waals surface area (Å²) in [4.78, 5) is 15.1. The summed E-state index contributed by atoms with van der Waals surface area (Å²) in [6, 6.07) is 9.98. The SMILES string of the molecule is CCN(C(=O)c1cc(C)c(Br)s1)c1ccc(C)cc1. The van der Waals surface area contributed by atoms with Crippen LogP contribution in [0.2, 0.25) is 0 Å². The Morgan fingerprint density at radius 2 is 1.89 bits per heavy atom. The third kappa shape index (κ3) is 3.07. The first-order valence-electron chi connectivity index (χ1n) is 6.17. The van der Waals surface area contributed by atoms with E-state index in [1.807, 2.05) is 51.1 Å². The van der Waals surface area contributed by atoms with Crippen molar-refractivity contribution in [1.82, 2.24) is 0 Å². The van der Waals surface area contributed by atoms with Crippen LogP contribution in [0.1, 0.15) is 27.7 Å². The minimum absolute atomic E-state index is 0.0603. The molecule has 0 N–H and O–H groups in total. The quantitative estimate of drug-likeness (QED) is 0.788. The van der Waals surface area contributed by atoms with Gasteiger partial charge in [0, 0.05) is 12.2 Å². The summed E-state index contributed by atoms with van der Waals surface area (Å²) in [6.07, 6.45) is 0. The van der Waals surface area contributed by atoms with Crippen LogP contribution in [0.15, 0.2) is 34.1 Å². The van der Waals surface area contributed by atoms with Crippen LogP contribution in [0.4, 0.5) is 5.69 Å². The van der Waals surface area contributed by atoms with Gasteiger partial charge in [-0.15, -0.1) is 11.3 Å². The van der Waals surface area contributed by atoms with E-state index in [-0.39, 0.29) is 5.91 Å². The summed E-state index contributed by atoms with van der Waals surface area (Å²) < 4.78 is 1.02. The van der Waals surface area contributed by atoms with Crippen molar-refractivity contribution in [3.8, 4) is 0 Å². The maximum atomic E-state index is 12.5. The molecule has 0 spiro atoms. The van der Waals surface area contributed by atoms with E-state index >= 15 is 0 Å². The van der Waals surface area contributed by atoms with Crippen LogP contribution in [0.5, 0.6) is 0 Å². The van der Waals surface area contributed by atoms with Crippen molar-refractivity contribution in [1.29, 1.82) is 0 Å². The van der Waals surface area contributed by atoms with Crippen molar-refractivity contribution in [2.24, 2.45) is 0 Å². The van der Waals surface area contributed by atoms with Gasteiger partial charge in [-0.25, -0.2) is 0 Å². The number of anilines is 1. The van der Waals surface area contributed by atoms with Crippen molar-refractivity contribution >= 4 is 38.9 Å². The van der Waals surface area contributed by atoms with Crippen molar-refractivity contribution in [3.05, 3.63) is 50.1 Å². The summed E-state index contributed by atoms with van der Waals surface area (Å²) >= 11 is 4.96. The molecule has 0 bridgehead atoms. The molecule has 2 rings (SSSR count). The number of benzene rings is 1. The first kappa shape index (κ1) is 14.3. The maximum absolute atomic E-state index is 12.5. The van der Waals surface area contributed by atoms with Crippen molar-refractivity contribution < 1.29 is 4.79 Å². The van der Waals surface area contributed by atoms with Crippen LogP contribution < -0.4 is 4.90 Å². The molecule has 0 aliphatic rings. The highest BCUT2D eigenvalue weighted by atomic mass is 79.9. The molecule has 2 nitrogen and oxygen atoms in total. The fourth-order valence-corrected chi connectivity index (χ4v) is 3.35. The number of nitrogens with zero attached hydrogens (tertiary/aromatic N) is 1. The molecule has 0 saturated carbocycles. The van der Waals surface area contributed by atoms with E-state index in [0.29, 0.717) is 6.54 Å². The Kier molecular flexibility index (Phi) is 4.42. The zero-order valence-corrected chi connectivity index (χ0v) is 13.6. The third-order valence-corrected chi connectivity index (χ3v) is 5.10. The van der Waals surface area contributed by atoms with E-state index in [0.717, 1.165) is 19.9 Å². The summed E-state index contributed by atoms with van der Waals surface area (Å²) in [6.45, 7) is 6.70. The molecule has 0 aliphatic carbocycles. The first-order chi connectivity index (χ1) is 9.02. The Balaban J connectivity index is 2.31. The predicted molar refractivity (Wildman–Crippen MR) is 85.3 cm³/mol. The zero-order chi connectivity index (χ0) is 14.0. The van der Waals surface area contributed by atoms with Gasteiger partial charge in [0.2, 0.25) is 0 Å². The molecular weight excluding hydrogens is 322 g/mol. The minimum atomic E-state index is 0.0603. The van der Waals surface area contributed by atoms with Gasteiger partial charge in [-0.1, -0.05) is 17.7 Å². The van der Waals surface area contributed by atoms with Gasteiger partial charge in [0.15, 0.2) is 0 Å². The second-order valence-corrected chi connectivity index (χ2v) is 6.82. The van der Waals surface area contributed by atoms with E-state index in [1.165, 1.54) is 16.9 Å². The maximum Gasteiger partial charge on any atom is 0.268 e. The molecule has 4 heteroatoms. The third-order valence-electron chi connectivity index (χ3n) is 2.98. The number of hydrogen-bond donors (Lipinski definition) is 0. The molecule has 100 valence electrons. The van der Waals surface area contributed by atoms with Gasteiger partial charge in [-0.2, -0.15) is 0 Å². The van der Waals surface area contributed by atoms with Crippen LogP contribution in [0.25, 0.3) is 0 Å². The predicted octanol–water partition coefficient (Wildman–Crippen LogP) is 4.79. The Labute approximate surface area is 126 Å². The molecular formula is C15H16BrNOS. The van der Waals surface area contributed by atoms with Crippen LogP contribution in [-0.2, 0) is 0 Å². The largest absolute Gasteiger partial charge is 0.308 e. The lowest BCUT2D eigenvalue weighted by Gasteiger charge is -2.20. The number of halogens is 1. The lowest BCUT2D eigenvalue weighted by atomic mass is 10.2. The van der Waals surface area contributed by atoms with Crippen LogP contribution in [0.3, 0.4) is 0 Å². The highest BCUT2D eigenvalue weighted by Gasteiger charge is 2.18. The minimum Gasteiger partial charge on any atom is -0.308 e. The van der Waals surface area contributed by atoms with Gasteiger partial charge in [-0.3, -0.25) is 4.79 Å². The Bertz CT molecular complexity index is 569. The number of thiophene rings is 1. The molecule has 2 aromatic rings. The zero-order valence-electron chi connectivity index (χ0n) is 11.2. The first-order valence-corrected chi connectivity index (χ1v) is 7.78. The summed E-state index contributed by atoms with van der Waals surface area (Å²) in [5.41, 5.74) is 3.25. The number of aryl methyl sites for hydroxylation is 2. The van der Waals surface area contributed by atoms with Gasteiger partial charge in [0.05, 0.1) is 8.66 Å². The lowest BCUT2D eigenvalue weighted by Crippen LogP contribution is -2.29. The number of amides is 1. The molecule has 19 heavy (non-hydrogen) atoms. The molecule has 0 unspecified atom stereocenters. The van der Waals surface area contributed by atoms with Gasteiger partial charge < -0.3 is 4.90 Å². The Hall–Kier alpha value is -1.13. The Morgan fingerprint density at radius 1 is 1.26 bits per heavy atom. The second-order valence-electron chi connectivity index (χ2n) is 4.45. The number of rotatable bonds is 3. The summed E-state index contributed by atoms with van der Waals surface area (Å²) in [5, 5.41) is 0. The molecule has 1 heterocycles. The van der Waals surface area contributed by atoms with Crippen LogP contribution >= 0.6 is 27.3 Å². The Morgan fingerprint density at radius 3 is 2.37 bits per heavy atom. The average molecular weight is 338 g/mol. The standard InChI is InChI=1S/C15H16BrNOS/c1-4-17(12-7-5-10(2)6-8-12)15(18)13-9-11(3)14(16)19-13/h5-9H,4H2,1-3H3. The fraction of sp³-hybridized carbons (Fsp3) is 0.267. The molecule has 0 fully saturated rings. The fourth-order valence-electron chi connectivity index (χ4n) is 1.87. The van der Waals surface area contributed by atoms with E-state index in [2.05, 4.69) is 15.9 Å². The van der Waals surface area contributed by atoms with Crippen molar-refractivity contribution in [3.63, 3.8) is 0 Å². The lowest BCUT2D eigenvalue weighted by molar-refractivity contribution is 0.0992. The van der Waals surface area contributed by atoms with E-state index in [4.69, 9.17) is 0 Å². The van der Waals surface area contributed by atoms with E-state index < -0.39 is 0 Å². The average Bonchev–Trinajstić information content (AvgIpc) is 2.73. The molecule has 0 aliphatic heterocycles. The number of carbonyl (C=O) groups is 1. The van der Waals surface area contributed by atoms with Gasteiger partial charge in [0.1, 0.15) is 0 Å². The highest BCUT2D eigenvalue weighted by molar-refractivity contribution is 9.11. The van der Waals surface area contributed by atoms with Crippen molar-refractivity contribution in [2.45, 2.75) is 20.8 Å². The summed E-state index contributed by atoms with van der Waals surface area (Å²) in [7, 11) is 0. The van der Waals surface area contributed by atoms with Crippen molar-refractivity contribution in [2.75, 3.05) is 11.4 Å². The molecule has 0 atom stereocenters. The smallest absolute Gasteiger partial charge is 0.268 e. The van der Waals surface area contributed by atoms with Gasteiger partial charge in [-0.05, 0) is 60.5 Å². The molecule has 0 saturated heterocycles. The van der Waals surface area contributed by atoms with Crippen LogP contribution in [-0.4, -0.2) is 12.5 Å². The topological polar surface area (TPSA) is 20.3 Å². The molecule has 1 aromatic heterocycles. The highest BCUT2D eigenvalue weighted by Crippen LogP contribution is 2.29. The molecule has 1 amide bonds. The molecule has 0 radical (unpaired) electrons. The normalized spacial score (nSPS) is 10.5. The second kappa shape index (κ2) is 5.88. The number of hydrogen-bond acceptors (Lipinski definition) is 2.